The van der Waals surface area contributed by atoms with Gasteiger partial charge in [0.2, 0.25) is 10.0 Å². The summed E-state index contributed by atoms with van der Waals surface area (Å²) in [6, 6.07) is 5.13. The number of nitrogens with one attached hydrogen (secondary N) is 2. The molecule has 1 heterocycles. The number of nitrogens with two attached hydrogens (primary N) is 1. The van der Waals surface area contributed by atoms with E-state index in [1.54, 1.807) is 20.2 Å². The van der Waals surface area contributed by atoms with Gasteiger partial charge in [-0.15, -0.1) is 0 Å². The Morgan fingerprint density at radius 3 is 2.17 bits per heavy atom. The maximum absolute atomic E-state index is 11.9. The lowest BCUT2D eigenvalue weighted by Crippen LogP contribution is -2.30. The number of hydrogen-bond acceptors (Lipinski definition) is 5. The Labute approximate surface area is 132 Å². The van der Waals surface area contributed by atoms with Crippen LogP contribution in [-0.4, -0.2) is 30.0 Å². The van der Waals surface area contributed by atoms with Gasteiger partial charge in [-0.1, -0.05) is 0 Å². The lowest BCUT2D eigenvalue weighted by molar-refractivity contribution is -0.133. The van der Waals surface area contributed by atoms with Crippen LogP contribution in [0.15, 0.2) is 35.4 Å². The first-order valence-corrected chi connectivity index (χ1v) is 7.97. The van der Waals surface area contributed by atoms with Crippen molar-refractivity contribution in [3.63, 3.8) is 0 Å². The second kappa shape index (κ2) is 6.18. The number of amides is 2. The third kappa shape index (κ3) is 3.93. The third-order valence-electron chi connectivity index (χ3n) is 3.00. The average Bonchev–Trinajstić information content (AvgIpc) is 2.78. The van der Waals surface area contributed by atoms with Gasteiger partial charge in [0.15, 0.2) is 0 Å². The number of benzene rings is 1. The quantitative estimate of drug-likeness (QED) is 0.675. The van der Waals surface area contributed by atoms with Crippen LogP contribution in [0.4, 0.5) is 11.5 Å². The van der Waals surface area contributed by atoms with Gasteiger partial charge in [0.05, 0.1) is 11.1 Å². The van der Waals surface area contributed by atoms with Gasteiger partial charge in [0.1, 0.15) is 5.82 Å². The van der Waals surface area contributed by atoms with Gasteiger partial charge >= 0.3 is 11.8 Å². The van der Waals surface area contributed by atoms with E-state index in [1.165, 1.54) is 28.9 Å². The largest absolute Gasteiger partial charge is 0.318 e. The van der Waals surface area contributed by atoms with Crippen LogP contribution >= 0.6 is 0 Å². The van der Waals surface area contributed by atoms with Crippen LogP contribution in [0.25, 0.3) is 0 Å². The minimum atomic E-state index is -3.81. The van der Waals surface area contributed by atoms with Gasteiger partial charge < -0.3 is 10.6 Å². The first-order chi connectivity index (χ1) is 10.7. The highest BCUT2D eigenvalue weighted by atomic mass is 32.2. The van der Waals surface area contributed by atoms with Gasteiger partial charge in [0, 0.05) is 18.3 Å². The number of carbonyl (C=O) groups is 2. The number of carbonyl (C=O) groups excluding carboxylic acids is 2. The molecule has 10 heteroatoms. The molecule has 2 amide bonds. The van der Waals surface area contributed by atoms with E-state index >= 15 is 0 Å². The maximum atomic E-state index is 11.9. The molecule has 0 saturated heterocycles. The van der Waals surface area contributed by atoms with Crippen LogP contribution in [0.3, 0.4) is 0 Å². The van der Waals surface area contributed by atoms with E-state index in [0.29, 0.717) is 11.4 Å². The number of anilines is 2. The van der Waals surface area contributed by atoms with Crippen molar-refractivity contribution in [1.29, 1.82) is 0 Å². The number of hydrogen-bond donors (Lipinski definition) is 3. The molecule has 0 fully saturated rings. The van der Waals surface area contributed by atoms with Gasteiger partial charge in [-0.3, -0.25) is 14.3 Å². The fourth-order valence-corrected chi connectivity index (χ4v) is 2.32. The highest BCUT2D eigenvalue weighted by molar-refractivity contribution is 7.89. The molecule has 1 aromatic carbocycles. The Bertz CT molecular complexity index is 835. The van der Waals surface area contributed by atoms with E-state index in [-0.39, 0.29) is 10.6 Å². The summed E-state index contributed by atoms with van der Waals surface area (Å²) in [5.74, 6) is -1.35. The molecule has 0 radical (unpaired) electrons. The van der Waals surface area contributed by atoms with Crippen molar-refractivity contribution < 1.29 is 18.0 Å². The Morgan fingerprint density at radius 2 is 1.70 bits per heavy atom. The van der Waals surface area contributed by atoms with E-state index in [0.717, 1.165) is 0 Å². The van der Waals surface area contributed by atoms with Crippen molar-refractivity contribution in [3.05, 3.63) is 36.0 Å². The van der Waals surface area contributed by atoms with E-state index in [1.807, 2.05) is 0 Å². The summed E-state index contributed by atoms with van der Waals surface area (Å²) in [5, 5.41) is 13.7. The van der Waals surface area contributed by atoms with Crippen molar-refractivity contribution in [2.75, 3.05) is 10.6 Å². The number of primary sulfonamides is 1. The molecule has 4 N–H and O–H groups in total. The predicted molar refractivity (Wildman–Crippen MR) is 83.0 cm³/mol. The number of aromatic nitrogens is 2. The Hall–Kier alpha value is -2.72. The topological polar surface area (TPSA) is 136 Å². The molecule has 0 spiro atoms. The summed E-state index contributed by atoms with van der Waals surface area (Å²) in [6.45, 7) is 1.74. The van der Waals surface area contributed by atoms with Gasteiger partial charge in [-0.2, -0.15) is 5.10 Å². The monoisotopic (exact) mass is 337 g/mol. The highest BCUT2D eigenvalue weighted by Gasteiger charge is 2.17. The smallest absolute Gasteiger partial charge is 0.315 e. The fraction of sp³-hybridized carbons (Fsp3) is 0.154. The normalized spacial score (nSPS) is 11.1. The summed E-state index contributed by atoms with van der Waals surface area (Å²) < 4.78 is 23.7. The number of nitrogens with zero attached hydrogens (tertiary/aromatic N) is 2. The lowest BCUT2D eigenvalue weighted by Gasteiger charge is -2.08. The van der Waals surface area contributed by atoms with Crippen LogP contribution in [0.5, 0.6) is 0 Å². The molecule has 0 bridgehead atoms. The minimum Gasteiger partial charge on any atom is -0.318 e. The molecule has 0 aliphatic rings. The van der Waals surface area contributed by atoms with Crippen LogP contribution in [0.2, 0.25) is 0 Å². The predicted octanol–water partition coefficient (Wildman–Crippen LogP) is -0.0469. The van der Waals surface area contributed by atoms with E-state index in [9.17, 15) is 18.0 Å². The zero-order chi connectivity index (χ0) is 17.2. The third-order valence-corrected chi connectivity index (χ3v) is 3.93. The van der Waals surface area contributed by atoms with Gasteiger partial charge in [0.25, 0.3) is 0 Å². The van der Waals surface area contributed by atoms with Crippen molar-refractivity contribution in [2.24, 2.45) is 12.2 Å². The van der Waals surface area contributed by atoms with E-state index < -0.39 is 21.8 Å². The molecule has 122 valence electrons. The number of sulfonamides is 1. The fourth-order valence-electron chi connectivity index (χ4n) is 1.81. The second-order valence-corrected chi connectivity index (χ2v) is 6.34. The molecule has 0 saturated carbocycles. The van der Waals surface area contributed by atoms with Gasteiger partial charge in [-0.25, -0.2) is 13.6 Å². The molecule has 1 aromatic heterocycles. The molecule has 0 aliphatic carbocycles. The molecule has 0 aliphatic heterocycles. The van der Waals surface area contributed by atoms with Crippen molar-refractivity contribution in [1.82, 2.24) is 9.78 Å². The van der Waals surface area contributed by atoms with E-state index in [2.05, 4.69) is 15.7 Å². The summed E-state index contributed by atoms with van der Waals surface area (Å²) in [6.07, 6.45) is 1.56. The van der Waals surface area contributed by atoms with Crippen molar-refractivity contribution in [2.45, 2.75) is 11.8 Å². The highest BCUT2D eigenvalue weighted by Crippen LogP contribution is 2.14. The SMILES string of the molecule is Cc1cnn(C)c1NC(=O)C(=O)Nc1ccc(S(N)(=O)=O)cc1. The number of rotatable bonds is 3. The lowest BCUT2D eigenvalue weighted by atomic mass is 10.3. The molecule has 2 rings (SSSR count). The first kappa shape index (κ1) is 16.6. The Balaban J connectivity index is 2.05. The summed E-state index contributed by atoms with van der Waals surface area (Å²) in [5.41, 5.74) is 0.977. The molecule has 0 atom stereocenters. The minimum absolute atomic E-state index is 0.0922. The van der Waals surface area contributed by atoms with Crippen LogP contribution < -0.4 is 15.8 Å². The van der Waals surface area contributed by atoms with Crippen molar-refractivity contribution >= 4 is 33.3 Å². The zero-order valence-corrected chi connectivity index (χ0v) is 13.2. The van der Waals surface area contributed by atoms with Crippen LogP contribution in [0.1, 0.15) is 5.56 Å². The van der Waals surface area contributed by atoms with Gasteiger partial charge in [-0.05, 0) is 31.2 Å². The van der Waals surface area contributed by atoms with Crippen LogP contribution in [0, 0.1) is 6.92 Å². The average molecular weight is 337 g/mol. The Morgan fingerprint density at radius 1 is 1.13 bits per heavy atom. The molecular formula is C13H15N5O4S. The van der Waals surface area contributed by atoms with Crippen molar-refractivity contribution in [3.8, 4) is 0 Å². The molecule has 2 aromatic rings. The standard InChI is InChI=1S/C13H15N5O4S/c1-8-7-15-18(2)11(8)17-13(20)12(19)16-9-3-5-10(6-4-9)23(14,21)22/h3-7H,1-2H3,(H,16,19)(H,17,20)(H2,14,21,22). The molecular weight excluding hydrogens is 322 g/mol. The Kier molecular flexibility index (Phi) is 4.48. The molecule has 9 nitrogen and oxygen atoms in total. The van der Waals surface area contributed by atoms with Crippen LogP contribution in [-0.2, 0) is 26.7 Å². The summed E-state index contributed by atoms with van der Waals surface area (Å²) >= 11 is 0. The molecule has 23 heavy (non-hydrogen) atoms. The first-order valence-electron chi connectivity index (χ1n) is 6.42. The van der Waals surface area contributed by atoms with E-state index in [4.69, 9.17) is 5.14 Å². The maximum Gasteiger partial charge on any atom is 0.315 e. The zero-order valence-electron chi connectivity index (χ0n) is 12.4. The summed E-state index contributed by atoms with van der Waals surface area (Å²) in [4.78, 5) is 23.6. The number of aryl methyl sites for hydroxylation is 2. The second-order valence-electron chi connectivity index (χ2n) is 4.78. The molecule has 0 unspecified atom stereocenters. The summed E-state index contributed by atoms with van der Waals surface area (Å²) in [7, 11) is -2.18.